The Bertz CT molecular complexity index is 547. The predicted octanol–water partition coefficient (Wildman–Crippen LogP) is 2.95. The van der Waals surface area contributed by atoms with Crippen LogP contribution in [0.5, 0.6) is 0 Å². The summed E-state index contributed by atoms with van der Waals surface area (Å²) in [7, 11) is 0. The Kier molecular flexibility index (Phi) is 3.48. The van der Waals surface area contributed by atoms with Gasteiger partial charge in [0.15, 0.2) is 6.54 Å². The number of carbonyl (C=O) groups excluding carboxylic acids is 1. The molecule has 6 rings (SSSR count). The van der Waals surface area contributed by atoms with Crippen LogP contribution in [0.2, 0.25) is 0 Å². The van der Waals surface area contributed by atoms with Crippen LogP contribution in [0.4, 0.5) is 0 Å². The van der Waals surface area contributed by atoms with Crippen LogP contribution in [0, 0.1) is 28.6 Å². The van der Waals surface area contributed by atoms with Crippen molar-refractivity contribution in [2.45, 2.75) is 90.1 Å². The van der Waals surface area contributed by atoms with E-state index >= 15 is 0 Å². The van der Waals surface area contributed by atoms with E-state index in [4.69, 9.17) is 0 Å². The van der Waals surface area contributed by atoms with E-state index in [2.05, 4.69) is 31.0 Å². The minimum Gasteiger partial charge on any atom is -0.334 e. The Morgan fingerprint density at radius 3 is 2.16 bits per heavy atom. The molecule has 1 heterocycles. The largest absolute Gasteiger partial charge is 0.334 e. The third-order valence-electron chi connectivity index (χ3n) is 8.53. The lowest BCUT2D eigenvalue weighted by Crippen LogP contribution is -3.00. The molecule has 140 valence electrons. The number of fused-ring (bicyclic) bond motifs is 2. The maximum Gasteiger partial charge on any atom is 0.277 e. The number of amides is 1. The summed E-state index contributed by atoms with van der Waals surface area (Å²) < 4.78 is 0. The fraction of sp³-hybridized carbons (Fsp3) is 0.955. The summed E-state index contributed by atoms with van der Waals surface area (Å²) in [4.78, 5) is 15.4. The van der Waals surface area contributed by atoms with Gasteiger partial charge in [0.1, 0.15) is 0 Å². The van der Waals surface area contributed by atoms with Crippen molar-refractivity contribution < 1.29 is 10.1 Å². The first-order chi connectivity index (χ1) is 11.7. The number of carbonyl (C=O) groups is 1. The molecule has 0 spiro atoms. The lowest BCUT2D eigenvalue weighted by atomic mass is 9.53. The summed E-state index contributed by atoms with van der Waals surface area (Å²) in [6.07, 6.45) is 12.3. The van der Waals surface area contributed by atoms with E-state index < -0.39 is 0 Å². The van der Waals surface area contributed by atoms with E-state index in [0.717, 1.165) is 24.3 Å². The zero-order chi connectivity index (χ0) is 17.4. The summed E-state index contributed by atoms with van der Waals surface area (Å²) in [6.45, 7) is 8.92. The first kappa shape index (κ1) is 16.6. The molecule has 6 aliphatic rings. The van der Waals surface area contributed by atoms with Gasteiger partial charge >= 0.3 is 0 Å². The molecule has 25 heavy (non-hydrogen) atoms. The molecule has 3 nitrogen and oxygen atoms in total. The maximum atomic E-state index is 13.1. The van der Waals surface area contributed by atoms with E-state index in [9.17, 15) is 4.79 Å². The smallest absolute Gasteiger partial charge is 0.277 e. The van der Waals surface area contributed by atoms with Gasteiger partial charge in [0.05, 0.1) is 5.54 Å². The maximum absolute atomic E-state index is 13.1. The average molecular weight is 346 g/mol. The van der Waals surface area contributed by atoms with Crippen LogP contribution in [0.15, 0.2) is 0 Å². The molecule has 6 bridgehead atoms. The monoisotopic (exact) mass is 345 g/mol. The summed E-state index contributed by atoms with van der Waals surface area (Å²) >= 11 is 0. The minimum absolute atomic E-state index is 0.364. The van der Waals surface area contributed by atoms with Crippen LogP contribution in [-0.2, 0) is 4.79 Å². The first-order valence-corrected chi connectivity index (χ1v) is 10.9. The summed E-state index contributed by atoms with van der Waals surface area (Å²) in [5.74, 6) is 3.36. The molecular weight excluding hydrogens is 308 g/mol. The van der Waals surface area contributed by atoms with E-state index in [-0.39, 0.29) is 0 Å². The normalized spacial score (nSPS) is 49.6. The predicted molar refractivity (Wildman–Crippen MR) is 98.9 cm³/mol. The van der Waals surface area contributed by atoms with Crippen molar-refractivity contribution in [1.29, 1.82) is 0 Å². The van der Waals surface area contributed by atoms with E-state index in [1.807, 2.05) is 0 Å². The highest BCUT2D eigenvalue weighted by Gasteiger charge is 2.54. The molecular formula is C22H37N2O+. The highest BCUT2D eigenvalue weighted by molar-refractivity contribution is 5.78. The van der Waals surface area contributed by atoms with Crippen molar-refractivity contribution in [3.05, 3.63) is 0 Å². The third kappa shape index (κ3) is 2.85. The summed E-state index contributed by atoms with van der Waals surface area (Å²) in [6, 6.07) is 0.506. The van der Waals surface area contributed by atoms with Crippen molar-refractivity contribution in [1.82, 2.24) is 4.90 Å². The molecule has 1 aliphatic heterocycles. The SMILES string of the molecule is CC1(C)C[C@@H]2C[C@@](C)(CN2C(=O)C[NH2+]C23CC4CC(CC(C4)C2)C3)C1. The molecule has 6 fully saturated rings. The molecule has 3 heteroatoms. The Labute approximate surface area is 153 Å². The van der Waals surface area contributed by atoms with Gasteiger partial charge in [0, 0.05) is 31.8 Å². The molecule has 5 saturated carbocycles. The highest BCUT2D eigenvalue weighted by atomic mass is 16.2. The van der Waals surface area contributed by atoms with Gasteiger partial charge in [-0.05, 0) is 67.1 Å². The number of likely N-dealkylation sites (tertiary alicyclic amines) is 1. The molecule has 0 unspecified atom stereocenters. The number of quaternary nitrogens is 1. The number of nitrogens with two attached hydrogens (primary N) is 1. The number of rotatable bonds is 3. The van der Waals surface area contributed by atoms with Crippen LogP contribution < -0.4 is 5.32 Å². The minimum atomic E-state index is 0.364. The van der Waals surface area contributed by atoms with E-state index in [1.165, 1.54) is 57.8 Å². The number of hydrogen-bond acceptors (Lipinski definition) is 1. The van der Waals surface area contributed by atoms with Crippen LogP contribution >= 0.6 is 0 Å². The van der Waals surface area contributed by atoms with Crippen LogP contribution in [0.3, 0.4) is 0 Å². The van der Waals surface area contributed by atoms with Crippen LogP contribution in [0.25, 0.3) is 0 Å². The van der Waals surface area contributed by atoms with Crippen LogP contribution in [-0.4, -0.2) is 35.5 Å². The Hall–Kier alpha value is -0.570. The van der Waals surface area contributed by atoms with Gasteiger partial charge in [-0.3, -0.25) is 4.79 Å². The van der Waals surface area contributed by atoms with Gasteiger partial charge in [0.2, 0.25) is 0 Å². The number of hydrogen-bond donors (Lipinski definition) is 1. The van der Waals surface area contributed by atoms with Gasteiger partial charge in [-0.25, -0.2) is 0 Å². The van der Waals surface area contributed by atoms with Crippen molar-refractivity contribution in [2.75, 3.05) is 13.1 Å². The standard InChI is InChI=1S/C22H36N2O/c1-20(2)10-18-11-21(3,13-20)14-24(18)19(25)12-23-22-7-15-4-16(8-22)6-17(5-15)9-22/h15-18,23H,4-14H2,1-3H3/p+1/t15?,16?,17?,18-,21-,22?/m1/s1. The van der Waals surface area contributed by atoms with E-state index in [0.29, 0.717) is 34.9 Å². The second-order valence-electron chi connectivity index (χ2n) is 11.9. The lowest BCUT2D eigenvalue weighted by Gasteiger charge is -2.54. The second-order valence-corrected chi connectivity index (χ2v) is 11.9. The Morgan fingerprint density at radius 2 is 1.56 bits per heavy atom. The van der Waals surface area contributed by atoms with Crippen molar-refractivity contribution in [2.24, 2.45) is 28.6 Å². The molecule has 1 amide bonds. The Morgan fingerprint density at radius 1 is 0.960 bits per heavy atom. The average Bonchev–Trinajstić information content (AvgIpc) is 2.72. The van der Waals surface area contributed by atoms with Crippen molar-refractivity contribution in [3.63, 3.8) is 0 Å². The molecule has 0 aromatic carbocycles. The molecule has 2 N–H and O–H groups in total. The fourth-order valence-corrected chi connectivity index (χ4v) is 8.60. The summed E-state index contributed by atoms with van der Waals surface area (Å²) in [5, 5.41) is 2.51. The molecule has 0 aromatic heterocycles. The van der Waals surface area contributed by atoms with Gasteiger partial charge in [-0.2, -0.15) is 0 Å². The first-order valence-electron chi connectivity index (χ1n) is 10.9. The second kappa shape index (κ2) is 5.24. The Balaban J connectivity index is 1.25. The topological polar surface area (TPSA) is 36.9 Å². The van der Waals surface area contributed by atoms with E-state index in [1.54, 1.807) is 0 Å². The van der Waals surface area contributed by atoms with Gasteiger partial charge in [0.25, 0.3) is 5.91 Å². The molecule has 0 radical (unpaired) electrons. The quantitative estimate of drug-likeness (QED) is 0.839. The van der Waals surface area contributed by atoms with Crippen LogP contribution in [0.1, 0.15) is 78.6 Å². The zero-order valence-corrected chi connectivity index (χ0v) is 16.5. The van der Waals surface area contributed by atoms with Gasteiger partial charge in [-0.15, -0.1) is 0 Å². The zero-order valence-electron chi connectivity index (χ0n) is 16.5. The number of nitrogens with zero attached hydrogens (tertiary/aromatic N) is 1. The highest BCUT2D eigenvalue weighted by Crippen LogP contribution is 2.54. The third-order valence-corrected chi connectivity index (χ3v) is 8.53. The molecule has 2 atom stereocenters. The molecule has 5 aliphatic carbocycles. The lowest BCUT2D eigenvalue weighted by molar-refractivity contribution is -0.730. The van der Waals surface area contributed by atoms with Crippen molar-refractivity contribution >= 4 is 5.91 Å². The van der Waals surface area contributed by atoms with Crippen molar-refractivity contribution in [3.8, 4) is 0 Å². The van der Waals surface area contributed by atoms with Gasteiger partial charge < -0.3 is 10.2 Å². The fourth-order valence-electron chi connectivity index (χ4n) is 8.60. The molecule has 1 saturated heterocycles. The summed E-state index contributed by atoms with van der Waals surface area (Å²) in [5.41, 5.74) is 1.20. The molecule has 0 aromatic rings. The van der Waals surface area contributed by atoms with Gasteiger partial charge in [-0.1, -0.05) is 20.8 Å².